The molecule has 1 atom stereocenters. The van der Waals surface area contributed by atoms with Crippen LogP contribution in [0.3, 0.4) is 0 Å². The lowest BCUT2D eigenvalue weighted by atomic mass is 9.93. The Kier molecular flexibility index (Phi) is 4.76. The van der Waals surface area contributed by atoms with E-state index in [9.17, 15) is 0 Å². The second-order valence-corrected chi connectivity index (χ2v) is 7.01. The Hall–Kier alpha value is -0.450. The molecule has 0 aromatic carbocycles. The SMILES string of the molecule is CC(C)(C)c1csc(CNCCC2CCOC2)n1. The Morgan fingerprint density at radius 3 is 2.94 bits per heavy atom. The predicted octanol–water partition coefficient (Wildman–Crippen LogP) is 2.96. The molecule has 3 nitrogen and oxygen atoms in total. The number of rotatable bonds is 5. The van der Waals surface area contributed by atoms with Gasteiger partial charge >= 0.3 is 0 Å². The van der Waals surface area contributed by atoms with Gasteiger partial charge in [0.25, 0.3) is 0 Å². The summed E-state index contributed by atoms with van der Waals surface area (Å²) in [7, 11) is 0. The highest BCUT2D eigenvalue weighted by atomic mass is 32.1. The summed E-state index contributed by atoms with van der Waals surface area (Å²) in [6, 6.07) is 0. The highest BCUT2D eigenvalue weighted by Crippen LogP contribution is 2.23. The highest BCUT2D eigenvalue weighted by Gasteiger charge is 2.17. The van der Waals surface area contributed by atoms with E-state index in [1.54, 1.807) is 11.3 Å². The Morgan fingerprint density at radius 1 is 1.50 bits per heavy atom. The predicted molar refractivity (Wildman–Crippen MR) is 76.1 cm³/mol. The number of aromatic nitrogens is 1. The van der Waals surface area contributed by atoms with Gasteiger partial charge in [-0.25, -0.2) is 4.98 Å². The molecule has 1 N–H and O–H groups in total. The van der Waals surface area contributed by atoms with Crippen LogP contribution in [0, 0.1) is 5.92 Å². The molecular weight excluding hydrogens is 244 g/mol. The van der Waals surface area contributed by atoms with Crippen molar-refractivity contribution in [1.82, 2.24) is 10.3 Å². The second-order valence-electron chi connectivity index (χ2n) is 6.07. The number of hydrogen-bond acceptors (Lipinski definition) is 4. The topological polar surface area (TPSA) is 34.1 Å². The lowest BCUT2D eigenvalue weighted by Gasteiger charge is -2.14. The van der Waals surface area contributed by atoms with Crippen molar-refractivity contribution in [1.29, 1.82) is 0 Å². The van der Waals surface area contributed by atoms with Crippen LogP contribution in [-0.4, -0.2) is 24.7 Å². The van der Waals surface area contributed by atoms with Crippen molar-refractivity contribution in [3.05, 3.63) is 16.1 Å². The van der Waals surface area contributed by atoms with E-state index >= 15 is 0 Å². The minimum atomic E-state index is 0.163. The average Bonchev–Trinajstić information content (AvgIpc) is 2.95. The fraction of sp³-hybridized carbons (Fsp3) is 0.786. The van der Waals surface area contributed by atoms with Crippen LogP contribution in [0.2, 0.25) is 0 Å². The Bertz CT molecular complexity index is 364. The first-order valence-corrected chi connectivity index (χ1v) is 7.67. The molecule has 0 aliphatic carbocycles. The molecule has 0 amide bonds. The molecule has 1 unspecified atom stereocenters. The molecule has 1 aliphatic heterocycles. The number of thiazole rings is 1. The zero-order valence-electron chi connectivity index (χ0n) is 11.7. The minimum Gasteiger partial charge on any atom is -0.381 e. The van der Waals surface area contributed by atoms with E-state index in [1.807, 2.05) is 0 Å². The largest absolute Gasteiger partial charge is 0.381 e. The van der Waals surface area contributed by atoms with Crippen molar-refractivity contribution in [3.8, 4) is 0 Å². The Labute approximate surface area is 114 Å². The lowest BCUT2D eigenvalue weighted by Crippen LogP contribution is -2.18. The van der Waals surface area contributed by atoms with Crippen LogP contribution >= 0.6 is 11.3 Å². The summed E-state index contributed by atoms with van der Waals surface area (Å²) in [6.07, 6.45) is 2.45. The maximum absolute atomic E-state index is 5.38. The van der Waals surface area contributed by atoms with Crippen LogP contribution < -0.4 is 5.32 Å². The van der Waals surface area contributed by atoms with Crippen LogP contribution in [0.25, 0.3) is 0 Å². The third-order valence-electron chi connectivity index (χ3n) is 3.35. The first-order chi connectivity index (χ1) is 8.55. The standard InChI is InChI=1S/C14H24N2OS/c1-14(2,3)12-10-18-13(16-12)8-15-6-4-11-5-7-17-9-11/h10-11,15H,4-9H2,1-3H3. The molecule has 0 spiro atoms. The quantitative estimate of drug-likeness (QED) is 0.834. The van der Waals surface area contributed by atoms with Crippen molar-refractivity contribution in [2.75, 3.05) is 19.8 Å². The van der Waals surface area contributed by atoms with E-state index < -0.39 is 0 Å². The van der Waals surface area contributed by atoms with Gasteiger partial charge in [0, 0.05) is 30.6 Å². The van der Waals surface area contributed by atoms with Gasteiger partial charge < -0.3 is 10.1 Å². The third kappa shape index (κ3) is 4.04. The Balaban J connectivity index is 1.68. The molecular formula is C14H24N2OS. The van der Waals surface area contributed by atoms with Gasteiger partial charge in [-0.1, -0.05) is 20.8 Å². The maximum Gasteiger partial charge on any atom is 0.107 e. The van der Waals surface area contributed by atoms with E-state index in [-0.39, 0.29) is 5.41 Å². The summed E-state index contributed by atoms with van der Waals surface area (Å²) in [5.74, 6) is 0.763. The molecule has 18 heavy (non-hydrogen) atoms. The summed E-state index contributed by atoms with van der Waals surface area (Å²) >= 11 is 1.76. The van der Waals surface area contributed by atoms with Crippen molar-refractivity contribution in [2.24, 2.45) is 5.92 Å². The monoisotopic (exact) mass is 268 g/mol. The lowest BCUT2D eigenvalue weighted by molar-refractivity contribution is 0.184. The van der Waals surface area contributed by atoms with E-state index in [4.69, 9.17) is 4.74 Å². The molecule has 0 saturated carbocycles. The van der Waals surface area contributed by atoms with Gasteiger partial charge in [0.05, 0.1) is 5.69 Å². The van der Waals surface area contributed by atoms with Gasteiger partial charge in [0.15, 0.2) is 0 Å². The average molecular weight is 268 g/mol. The molecule has 102 valence electrons. The van der Waals surface area contributed by atoms with Gasteiger partial charge in [0.2, 0.25) is 0 Å². The molecule has 2 heterocycles. The van der Waals surface area contributed by atoms with Crippen LogP contribution in [0.4, 0.5) is 0 Å². The number of ether oxygens (including phenoxy) is 1. The third-order valence-corrected chi connectivity index (χ3v) is 4.20. The fourth-order valence-electron chi connectivity index (χ4n) is 2.05. The first-order valence-electron chi connectivity index (χ1n) is 6.79. The van der Waals surface area contributed by atoms with E-state index in [0.717, 1.165) is 32.2 Å². The summed E-state index contributed by atoms with van der Waals surface area (Å²) < 4.78 is 5.38. The molecule has 1 aromatic heterocycles. The van der Waals surface area contributed by atoms with Crippen LogP contribution in [0.5, 0.6) is 0 Å². The molecule has 1 saturated heterocycles. The van der Waals surface area contributed by atoms with Crippen molar-refractivity contribution >= 4 is 11.3 Å². The van der Waals surface area contributed by atoms with Crippen molar-refractivity contribution in [3.63, 3.8) is 0 Å². The molecule has 0 radical (unpaired) electrons. The zero-order chi connectivity index (χ0) is 13.0. The molecule has 1 fully saturated rings. The highest BCUT2D eigenvalue weighted by molar-refractivity contribution is 7.09. The van der Waals surface area contributed by atoms with Crippen LogP contribution in [-0.2, 0) is 16.7 Å². The van der Waals surface area contributed by atoms with E-state index in [1.165, 1.54) is 23.5 Å². The van der Waals surface area contributed by atoms with Gasteiger partial charge in [-0.05, 0) is 25.3 Å². The zero-order valence-corrected chi connectivity index (χ0v) is 12.5. The molecule has 4 heteroatoms. The van der Waals surface area contributed by atoms with E-state index in [0.29, 0.717) is 0 Å². The number of hydrogen-bond donors (Lipinski definition) is 1. The second kappa shape index (κ2) is 6.13. The van der Waals surface area contributed by atoms with Crippen molar-refractivity contribution < 1.29 is 4.74 Å². The smallest absolute Gasteiger partial charge is 0.107 e. The first kappa shape index (κ1) is 14.0. The van der Waals surface area contributed by atoms with Crippen LogP contribution in [0.1, 0.15) is 44.3 Å². The molecule has 1 aliphatic rings. The van der Waals surface area contributed by atoms with Gasteiger partial charge in [-0.2, -0.15) is 0 Å². The van der Waals surface area contributed by atoms with E-state index in [2.05, 4.69) is 36.5 Å². The van der Waals surface area contributed by atoms with Gasteiger partial charge in [-0.3, -0.25) is 0 Å². The number of nitrogens with one attached hydrogen (secondary N) is 1. The summed E-state index contributed by atoms with van der Waals surface area (Å²) in [5.41, 5.74) is 1.36. The normalized spacial score (nSPS) is 20.5. The number of nitrogens with zero attached hydrogens (tertiary/aromatic N) is 1. The Morgan fingerprint density at radius 2 is 2.33 bits per heavy atom. The van der Waals surface area contributed by atoms with Gasteiger partial charge in [-0.15, -0.1) is 11.3 Å². The minimum absolute atomic E-state index is 0.163. The van der Waals surface area contributed by atoms with Crippen LogP contribution in [0.15, 0.2) is 5.38 Å². The summed E-state index contributed by atoms with van der Waals surface area (Å²) in [6.45, 7) is 10.5. The molecule has 1 aromatic rings. The summed E-state index contributed by atoms with van der Waals surface area (Å²) in [4.78, 5) is 4.68. The maximum atomic E-state index is 5.38. The van der Waals surface area contributed by atoms with Gasteiger partial charge in [0.1, 0.15) is 5.01 Å². The van der Waals surface area contributed by atoms with Crippen molar-refractivity contribution in [2.45, 2.75) is 45.6 Å². The summed E-state index contributed by atoms with van der Waals surface area (Å²) in [5, 5.41) is 6.86. The molecule has 2 rings (SSSR count). The molecule has 0 bridgehead atoms. The fourth-order valence-corrected chi connectivity index (χ4v) is 3.04.